The molecule has 2 atom stereocenters. The van der Waals surface area contributed by atoms with Gasteiger partial charge in [-0.2, -0.15) is 0 Å². The number of carbonyl (C=O) groups is 2. The van der Waals surface area contributed by atoms with Crippen molar-refractivity contribution in [3.05, 3.63) is 29.8 Å². The molecule has 0 radical (unpaired) electrons. The number of nitrogens with one attached hydrogen (secondary N) is 1. The van der Waals surface area contributed by atoms with Crippen molar-refractivity contribution in [2.75, 3.05) is 13.2 Å². The largest absolute Gasteiger partial charge is 0.492 e. The lowest BCUT2D eigenvalue weighted by atomic mass is 9.95. The Bertz CT molecular complexity index is 502. The number of aliphatic hydroxyl groups excluding tert-OH is 1. The van der Waals surface area contributed by atoms with E-state index in [4.69, 9.17) is 14.9 Å². The summed E-state index contributed by atoms with van der Waals surface area (Å²) >= 11 is 0. The third-order valence-corrected chi connectivity index (χ3v) is 3.28. The number of rotatable bonds is 5. The highest BCUT2D eigenvalue weighted by atomic mass is 16.5. The summed E-state index contributed by atoms with van der Waals surface area (Å²) in [4.78, 5) is 23.0. The molecule has 1 aliphatic rings. The third-order valence-electron chi connectivity index (χ3n) is 3.28. The second-order valence-corrected chi connectivity index (χ2v) is 4.73. The molecule has 1 heterocycles. The monoisotopic (exact) mass is 279 g/mol. The van der Waals surface area contributed by atoms with Gasteiger partial charge in [0.15, 0.2) is 0 Å². The van der Waals surface area contributed by atoms with Crippen molar-refractivity contribution in [2.45, 2.75) is 18.9 Å². The van der Waals surface area contributed by atoms with Crippen LogP contribution in [0.25, 0.3) is 0 Å². The van der Waals surface area contributed by atoms with Crippen LogP contribution in [0, 0.1) is 5.92 Å². The number of hydrogen-bond acceptors (Lipinski definition) is 4. The van der Waals surface area contributed by atoms with Gasteiger partial charge in [0.05, 0.1) is 5.92 Å². The molecule has 0 saturated carbocycles. The highest BCUT2D eigenvalue weighted by Gasteiger charge is 2.29. The van der Waals surface area contributed by atoms with Gasteiger partial charge in [0, 0.05) is 13.0 Å². The van der Waals surface area contributed by atoms with E-state index in [0.717, 1.165) is 11.3 Å². The molecule has 1 aromatic carbocycles. The first-order valence-corrected chi connectivity index (χ1v) is 6.46. The molecule has 0 spiro atoms. The first kappa shape index (κ1) is 14.3. The van der Waals surface area contributed by atoms with E-state index in [9.17, 15) is 9.59 Å². The van der Waals surface area contributed by atoms with Gasteiger partial charge in [-0.15, -0.1) is 0 Å². The number of hydrogen-bond donors (Lipinski definition) is 3. The zero-order valence-corrected chi connectivity index (χ0v) is 10.9. The summed E-state index contributed by atoms with van der Waals surface area (Å²) in [5.74, 6) is -1.16. The van der Waals surface area contributed by atoms with Gasteiger partial charge in [0.2, 0.25) is 5.91 Å². The topological polar surface area (TPSA) is 95.9 Å². The number of ether oxygens (including phenoxy) is 1. The number of aliphatic hydroxyl groups is 1. The quantitative estimate of drug-likeness (QED) is 0.715. The van der Waals surface area contributed by atoms with Crippen LogP contribution in [0.2, 0.25) is 0 Å². The van der Waals surface area contributed by atoms with Crippen LogP contribution < -0.4 is 10.1 Å². The lowest BCUT2D eigenvalue weighted by Gasteiger charge is -2.25. The van der Waals surface area contributed by atoms with E-state index in [-0.39, 0.29) is 25.5 Å². The van der Waals surface area contributed by atoms with Crippen LogP contribution in [-0.2, 0) is 16.0 Å². The molecule has 6 heteroatoms. The van der Waals surface area contributed by atoms with E-state index in [0.29, 0.717) is 6.42 Å². The molecule has 1 aromatic rings. The summed E-state index contributed by atoms with van der Waals surface area (Å²) in [7, 11) is 0. The van der Waals surface area contributed by atoms with Gasteiger partial charge in [-0.25, -0.2) is 4.79 Å². The summed E-state index contributed by atoms with van der Waals surface area (Å²) in [6, 6.07) is 6.39. The smallest absolute Gasteiger partial charge is 0.326 e. The first-order chi connectivity index (χ1) is 9.61. The van der Waals surface area contributed by atoms with E-state index in [1.165, 1.54) is 0 Å². The second-order valence-electron chi connectivity index (χ2n) is 4.73. The van der Waals surface area contributed by atoms with Crippen LogP contribution in [0.15, 0.2) is 24.3 Å². The Balaban J connectivity index is 1.99. The van der Waals surface area contributed by atoms with Gasteiger partial charge in [-0.3, -0.25) is 4.79 Å². The van der Waals surface area contributed by atoms with E-state index >= 15 is 0 Å². The number of benzene rings is 1. The molecule has 1 aliphatic heterocycles. The molecule has 108 valence electrons. The fourth-order valence-electron chi connectivity index (χ4n) is 2.17. The van der Waals surface area contributed by atoms with Crippen LogP contribution >= 0.6 is 0 Å². The minimum atomic E-state index is -1.15. The minimum absolute atomic E-state index is 0.00869. The molecule has 0 aliphatic carbocycles. The van der Waals surface area contributed by atoms with Crippen molar-refractivity contribution in [3.8, 4) is 5.75 Å². The Hall–Kier alpha value is -2.08. The first-order valence-electron chi connectivity index (χ1n) is 6.46. The van der Waals surface area contributed by atoms with E-state index < -0.39 is 17.9 Å². The van der Waals surface area contributed by atoms with Crippen LogP contribution in [0.5, 0.6) is 5.75 Å². The highest BCUT2D eigenvalue weighted by Crippen LogP contribution is 2.26. The predicted molar refractivity (Wildman–Crippen MR) is 70.4 cm³/mol. The molecule has 3 N–H and O–H groups in total. The molecule has 2 unspecified atom stereocenters. The van der Waals surface area contributed by atoms with Crippen LogP contribution in [0.3, 0.4) is 0 Å². The fourth-order valence-corrected chi connectivity index (χ4v) is 2.17. The number of aliphatic carboxylic acids is 1. The summed E-state index contributed by atoms with van der Waals surface area (Å²) in [6.45, 7) is -0.0600. The fraction of sp³-hybridized carbons (Fsp3) is 0.429. The summed E-state index contributed by atoms with van der Waals surface area (Å²) in [5.41, 5.74) is 0.938. The predicted octanol–water partition coefficient (Wildman–Crippen LogP) is 0.190. The third kappa shape index (κ3) is 3.27. The molecular weight excluding hydrogens is 262 g/mol. The molecule has 0 fully saturated rings. The number of fused-ring (bicyclic) bond motifs is 1. The molecule has 1 amide bonds. The lowest BCUT2D eigenvalue weighted by Crippen LogP contribution is -2.46. The SMILES string of the molecule is O=C(NC(CCO)C(=O)O)C1COc2ccccc2C1. The van der Waals surface area contributed by atoms with Crippen molar-refractivity contribution in [2.24, 2.45) is 5.92 Å². The highest BCUT2D eigenvalue weighted by molar-refractivity contribution is 5.85. The molecular formula is C14H17NO5. The van der Waals surface area contributed by atoms with E-state index in [1.807, 2.05) is 24.3 Å². The second kappa shape index (κ2) is 6.38. The zero-order chi connectivity index (χ0) is 14.5. The van der Waals surface area contributed by atoms with Crippen molar-refractivity contribution >= 4 is 11.9 Å². The van der Waals surface area contributed by atoms with Gasteiger partial charge in [-0.1, -0.05) is 18.2 Å². The molecule has 6 nitrogen and oxygen atoms in total. The van der Waals surface area contributed by atoms with Gasteiger partial charge in [0.25, 0.3) is 0 Å². The normalized spacial score (nSPS) is 18.6. The Morgan fingerprint density at radius 2 is 2.15 bits per heavy atom. The Morgan fingerprint density at radius 3 is 2.85 bits per heavy atom. The minimum Gasteiger partial charge on any atom is -0.492 e. The number of carbonyl (C=O) groups excluding carboxylic acids is 1. The molecule has 20 heavy (non-hydrogen) atoms. The summed E-state index contributed by atoms with van der Waals surface area (Å²) in [5, 5.41) is 20.2. The average Bonchev–Trinajstić information content (AvgIpc) is 2.46. The van der Waals surface area contributed by atoms with Crippen molar-refractivity contribution in [1.82, 2.24) is 5.32 Å². The Morgan fingerprint density at radius 1 is 1.40 bits per heavy atom. The number of carboxylic acid groups (broad SMARTS) is 1. The van der Waals surface area contributed by atoms with Crippen LogP contribution in [-0.4, -0.2) is 41.3 Å². The van der Waals surface area contributed by atoms with Crippen molar-refractivity contribution in [3.63, 3.8) is 0 Å². The van der Waals surface area contributed by atoms with Crippen LogP contribution in [0.1, 0.15) is 12.0 Å². The van der Waals surface area contributed by atoms with Crippen molar-refractivity contribution in [1.29, 1.82) is 0 Å². The summed E-state index contributed by atoms with van der Waals surface area (Å²) in [6.07, 6.45) is 0.513. The molecule has 0 bridgehead atoms. The average molecular weight is 279 g/mol. The Labute approximate surface area is 116 Å². The van der Waals surface area contributed by atoms with E-state index in [1.54, 1.807) is 0 Å². The maximum absolute atomic E-state index is 12.1. The van der Waals surface area contributed by atoms with Gasteiger partial charge < -0.3 is 20.3 Å². The van der Waals surface area contributed by atoms with Gasteiger partial charge >= 0.3 is 5.97 Å². The summed E-state index contributed by atoms with van der Waals surface area (Å²) < 4.78 is 5.50. The van der Waals surface area contributed by atoms with Crippen LogP contribution in [0.4, 0.5) is 0 Å². The maximum atomic E-state index is 12.1. The van der Waals surface area contributed by atoms with Gasteiger partial charge in [0.1, 0.15) is 18.4 Å². The molecule has 2 rings (SSSR count). The zero-order valence-electron chi connectivity index (χ0n) is 10.9. The standard InChI is InChI=1S/C14H17NO5/c16-6-5-11(14(18)19)15-13(17)10-7-9-3-1-2-4-12(9)20-8-10/h1-4,10-11,16H,5-8H2,(H,15,17)(H,18,19). The van der Waals surface area contributed by atoms with Gasteiger partial charge in [-0.05, 0) is 18.1 Å². The molecule has 0 saturated heterocycles. The lowest BCUT2D eigenvalue weighted by molar-refractivity contribution is -0.143. The molecule has 0 aromatic heterocycles. The Kier molecular flexibility index (Phi) is 4.57. The van der Waals surface area contributed by atoms with Crippen molar-refractivity contribution < 1.29 is 24.5 Å². The number of amides is 1. The number of carboxylic acids is 1. The maximum Gasteiger partial charge on any atom is 0.326 e. The van der Waals surface area contributed by atoms with E-state index in [2.05, 4.69) is 5.32 Å². The number of para-hydroxylation sites is 1.